The first-order chi connectivity index (χ1) is 28.5. The molecule has 0 aromatic rings. The number of likely N-dealkylation sites (N-methyl/N-ethyl adjacent to an activating group) is 1. The third-order valence-electron chi connectivity index (χ3n) is 11.4. The minimum Gasteiger partial charge on any atom is -0.462 e. The van der Waals surface area contributed by atoms with Crippen molar-refractivity contribution < 1.29 is 42.1 Å². The molecular weight excluding hydrogens is 762 g/mol. The van der Waals surface area contributed by atoms with Crippen LogP contribution in [0.25, 0.3) is 0 Å². The molecule has 0 saturated heterocycles. The maximum absolute atomic E-state index is 12.7. The van der Waals surface area contributed by atoms with E-state index in [1.165, 1.54) is 186 Å². The predicted octanol–water partition coefficient (Wildman–Crippen LogP) is 14.8. The van der Waals surface area contributed by atoms with Gasteiger partial charge in [0, 0.05) is 12.8 Å². The molecule has 0 amide bonds. The van der Waals surface area contributed by atoms with Crippen molar-refractivity contribution in [3.8, 4) is 0 Å². The van der Waals surface area contributed by atoms with Gasteiger partial charge in [0.05, 0.1) is 27.7 Å². The number of carbonyl (C=O) groups is 2. The lowest BCUT2D eigenvalue weighted by molar-refractivity contribution is -0.870. The van der Waals surface area contributed by atoms with E-state index in [1.54, 1.807) is 0 Å². The molecule has 0 aromatic carbocycles. The Morgan fingerprint density at radius 2 is 0.763 bits per heavy atom. The Bertz CT molecular complexity index is 974. The number of hydrogen-bond acceptors (Lipinski definition) is 7. The van der Waals surface area contributed by atoms with Crippen LogP contribution in [0.2, 0.25) is 0 Å². The lowest BCUT2D eigenvalue weighted by atomic mass is 10.0. The van der Waals surface area contributed by atoms with E-state index in [-0.39, 0.29) is 25.6 Å². The number of phosphoric acid groups is 1. The Morgan fingerprint density at radius 3 is 1.08 bits per heavy atom. The molecule has 0 heterocycles. The number of carbonyl (C=O) groups excluding carboxylic acids is 2. The molecule has 0 aliphatic carbocycles. The van der Waals surface area contributed by atoms with E-state index < -0.39 is 26.5 Å². The summed E-state index contributed by atoms with van der Waals surface area (Å²) in [4.78, 5) is 35.5. The molecule has 0 radical (unpaired) electrons. The normalized spacial score (nSPS) is 13.4. The van der Waals surface area contributed by atoms with Gasteiger partial charge in [-0.25, -0.2) is 4.57 Å². The van der Waals surface area contributed by atoms with Gasteiger partial charge in [-0.2, -0.15) is 0 Å². The number of rotatable bonds is 47. The highest BCUT2D eigenvalue weighted by Gasteiger charge is 2.27. The Morgan fingerprint density at radius 1 is 0.458 bits per heavy atom. The molecule has 0 spiro atoms. The average molecular weight is 861 g/mol. The first-order valence-electron chi connectivity index (χ1n) is 25.3. The lowest BCUT2D eigenvalue weighted by Crippen LogP contribution is -2.37. The maximum Gasteiger partial charge on any atom is 0.472 e. The van der Waals surface area contributed by atoms with E-state index in [0.29, 0.717) is 17.4 Å². The summed E-state index contributed by atoms with van der Waals surface area (Å²) in [5, 5.41) is 0. The fraction of sp³-hybridized carbons (Fsp3) is 0.959. The van der Waals surface area contributed by atoms with Crippen LogP contribution in [0.3, 0.4) is 0 Å². The van der Waals surface area contributed by atoms with Gasteiger partial charge in [0.15, 0.2) is 6.10 Å². The standard InChI is InChI=1S/C49H98NO8P/c1-6-8-10-12-14-16-18-20-22-23-24-25-26-28-29-31-33-35-37-39-41-48(51)55-45-47(46-57-59(53,54)56-44-43-50(3,4)5)58-49(52)42-40-38-36-34-32-30-27-21-19-17-15-13-11-9-7-2/h47H,6-46H2,1-5H3/p+1/t47-/m1/s1. The lowest BCUT2D eigenvalue weighted by Gasteiger charge is -2.24. The topological polar surface area (TPSA) is 108 Å². The van der Waals surface area contributed by atoms with Crippen molar-refractivity contribution in [3.05, 3.63) is 0 Å². The molecule has 1 unspecified atom stereocenters. The molecule has 2 atom stereocenters. The van der Waals surface area contributed by atoms with Crippen LogP contribution in [-0.4, -0.2) is 74.9 Å². The van der Waals surface area contributed by atoms with Crippen LogP contribution >= 0.6 is 7.82 Å². The van der Waals surface area contributed by atoms with Crippen molar-refractivity contribution in [1.82, 2.24) is 0 Å². The summed E-state index contributed by atoms with van der Waals surface area (Å²) in [6, 6.07) is 0. The third kappa shape index (κ3) is 46.3. The van der Waals surface area contributed by atoms with E-state index >= 15 is 0 Å². The minimum atomic E-state index is -4.37. The van der Waals surface area contributed by atoms with Crippen LogP contribution in [-0.2, 0) is 32.7 Å². The molecule has 9 nitrogen and oxygen atoms in total. The van der Waals surface area contributed by atoms with Crippen molar-refractivity contribution in [2.45, 2.75) is 258 Å². The smallest absolute Gasteiger partial charge is 0.462 e. The first kappa shape index (κ1) is 58.0. The summed E-state index contributed by atoms with van der Waals surface area (Å²) < 4.78 is 34.4. The number of nitrogens with zero attached hydrogens (tertiary/aromatic N) is 1. The van der Waals surface area contributed by atoms with Crippen molar-refractivity contribution in [2.75, 3.05) is 47.5 Å². The zero-order valence-corrected chi connectivity index (χ0v) is 40.7. The molecule has 59 heavy (non-hydrogen) atoms. The zero-order valence-electron chi connectivity index (χ0n) is 39.8. The highest BCUT2D eigenvalue weighted by atomic mass is 31.2. The fourth-order valence-electron chi connectivity index (χ4n) is 7.43. The number of ether oxygens (including phenoxy) is 2. The SMILES string of the molecule is CCCCCCCCCCCCCCCCCCCCCCC(=O)OC[C@H](COP(=O)(O)OCC[N+](C)(C)C)OC(=O)CCCCCCCCCCCCCCCCC. The van der Waals surface area contributed by atoms with E-state index in [0.717, 1.165) is 38.5 Å². The van der Waals surface area contributed by atoms with Gasteiger partial charge in [0.1, 0.15) is 19.8 Å². The van der Waals surface area contributed by atoms with Gasteiger partial charge < -0.3 is 18.9 Å². The molecule has 1 N–H and O–H groups in total. The van der Waals surface area contributed by atoms with Gasteiger partial charge in [0.25, 0.3) is 0 Å². The van der Waals surface area contributed by atoms with E-state index in [9.17, 15) is 19.0 Å². The number of esters is 2. The third-order valence-corrected chi connectivity index (χ3v) is 12.4. The van der Waals surface area contributed by atoms with Crippen LogP contribution in [0.1, 0.15) is 251 Å². The van der Waals surface area contributed by atoms with Crippen molar-refractivity contribution >= 4 is 19.8 Å². The Balaban J connectivity index is 4.19. The Labute approximate surface area is 365 Å². The molecule has 0 fully saturated rings. The summed E-state index contributed by atoms with van der Waals surface area (Å²) in [6.07, 6.45) is 44.3. The summed E-state index contributed by atoms with van der Waals surface area (Å²) in [6.45, 7) is 4.48. The maximum atomic E-state index is 12.7. The van der Waals surface area contributed by atoms with Gasteiger partial charge in [-0.1, -0.05) is 226 Å². The first-order valence-corrected chi connectivity index (χ1v) is 26.8. The minimum absolute atomic E-state index is 0.0371. The van der Waals surface area contributed by atoms with Crippen LogP contribution in [0.5, 0.6) is 0 Å². The van der Waals surface area contributed by atoms with Crippen molar-refractivity contribution in [1.29, 1.82) is 0 Å². The molecule has 10 heteroatoms. The van der Waals surface area contributed by atoms with E-state index in [4.69, 9.17) is 18.5 Å². The van der Waals surface area contributed by atoms with Gasteiger partial charge >= 0.3 is 19.8 Å². The molecule has 0 aromatic heterocycles. The molecular formula is C49H99NO8P+. The van der Waals surface area contributed by atoms with Crippen molar-refractivity contribution in [3.63, 3.8) is 0 Å². The summed E-state index contributed by atoms with van der Waals surface area (Å²) in [5.74, 6) is -0.778. The largest absolute Gasteiger partial charge is 0.472 e. The number of quaternary nitrogens is 1. The molecule has 0 aliphatic rings. The number of phosphoric ester groups is 1. The quantitative estimate of drug-likeness (QED) is 0.0279. The van der Waals surface area contributed by atoms with Crippen LogP contribution in [0.15, 0.2) is 0 Å². The molecule has 0 bridgehead atoms. The van der Waals surface area contributed by atoms with Crippen LogP contribution < -0.4 is 0 Å². The zero-order chi connectivity index (χ0) is 43.6. The number of unbranched alkanes of at least 4 members (excludes halogenated alkanes) is 33. The van der Waals surface area contributed by atoms with Crippen LogP contribution in [0, 0.1) is 0 Å². The van der Waals surface area contributed by atoms with Gasteiger partial charge in [-0.15, -0.1) is 0 Å². The van der Waals surface area contributed by atoms with Gasteiger partial charge in [-0.3, -0.25) is 18.6 Å². The second kappa shape index (κ2) is 42.3. The predicted molar refractivity (Wildman–Crippen MR) is 248 cm³/mol. The monoisotopic (exact) mass is 861 g/mol. The Kier molecular flexibility index (Phi) is 41.6. The van der Waals surface area contributed by atoms with E-state index in [1.807, 2.05) is 21.1 Å². The molecule has 0 rings (SSSR count). The second-order valence-corrected chi connectivity index (χ2v) is 20.0. The summed E-state index contributed by atoms with van der Waals surface area (Å²) in [5.41, 5.74) is 0. The van der Waals surface area contributed by atoms with Gasteiger partial charge in [-0.05, 0) is 12.8 Å². The Hall–Kier alpha value is -0.990. The van der Waals surface area contributed by atoms with Crippen molar-refractivity contribution in [2.24, 2.45) is 0 Å². The second-order valence-electron chi connectivity index (χ2n) is 18.6. The summed E-state index contributed by atoms with van der Waals surface area (Å²) in [7, 11) is 1.50. The average Bonchev–Trinajstić information content (AvgIpc) is 3.19. The van der Waals surface area contributed by atoms with Gasteiger partial charge in [0.2, 0.25) is 0 Å². The highest BCUT2D eigenvalue weighted by Crippen LogP contribution is 2.43. The fourth-order valence-corrected chi connectivity index (χ4v) is 8.17. The molecule has 352 valence electrons. The van der Waals surface area contributed by atoms with Crippen LogP contribution in [0.4, 0.5) is 0 Å². The number of hydrogen-bond donors (Lipinski definition) is 1. The molecule has 0 saturated carbocycles. The summed E-state index contributed by atoms with van der Waals surface area (Å²) >= 11 is 0. The van der Waals surface area contributed by atoms with E-state index in [2.05, 4.69) is 13.8 Å². The highest BCUT2D eigenvalue weighted by molar-refractivity contribution is 7.47. The molecule has 0 aliphatic heterocycles.